The predicted molar refractivity (Wildman–Crippen MR) is 138 cm³/mol. The molecule has 2 saturated heterocycles. The van der Waals surface area contributed by atoms with E-state index < -0.39 is 8.32 Å². The van der Waals surface area contributed by atoms with Gasteiger partial charge in [-0.05, 0) is 60.0 Å². The number of carbonyl (C=O) groups excluding carboxylic acids is 1. The Morgan fingerprint density at radius 3 is 1.97 bits per heavy atom. The minimum absolute atomic E-state index is 0.0395. The largest absolute Gasteiger partial charge is 0.508 e. The highest BCUT2D eigenvalue weighted by molar-refractivity contribution is 6.77. The van der Waals surface area contributed by atoms with E-state index in [1.807, 2.05) is 5.01 Å². The second-order valence-corrected chi connectivity index (χ2v) is 16.8. The summed E-state index contributed by atoms with van der Waals surface area (Å²) in [7, 11) is -1.89. The van der Waals surface area contributed by atoms with Gasteiger partial charge in [-0.2, -0.15) is 0 Å². The molecule has 2 aliphatic heterocycles. The lowest BCUT2D eigenvalue weighted by atomic mass is 9.98. The van der Waals surface area contributed by atoms with E-state index in [4.69, 9.17) is 27.6 Å². The zero-order chi connectivity index (χ0) is 24.5. The summed E-state index contributed by atoms with van der Waals surface area (Å²) in [4.78, 5) is 13.2. The van der Waals surface area contributed by atoms with Crippen molar-refractivity contribution >= 4 is 37.4 Å². The van der Waals surface area contributed by atoms with Crippen molar-refractivity contribution in [2.45, 2.75) is 90.0 Å². The van der Waals surface area contributed by atoms with E-state index in [-0.39, 0.29) is 23.7 Å². The van der Waals surface area contributed by atoms with Crippen LogP contribution in [-0.4, -0.2) is 55.1 Å². The molecule has 1 N–H and O–H groups in total. The molecular formula is C25H40Cl2N2O3Si. The lowest BCUT2D eigenvalue weighted by Crippen LogP contribution is -2.54. The third-order valence-corrected chi connectivity index (χ3v) is 14.5. The monoisotopic (exact) mass is 514 g/mol. The lowest BCUT2D eigenvalue weighted by molar-refractivity contribution is -0.149. The van der Waals surface area contributed by atoms with E-state index in [9.17, 15) is 9.90 Å². The third-order valence-electron chi connectivity index (χ3n) is 7.71. The van der Waals surface area contributed by atoms with Crippen LogP contribution < -0.4 is 0 Å². The molecule has 2 fully saturated rings. The van der Waals surface area contributed by atoms with Crippen LogP contribution in [0.1, 0.15) is 66.4 Å². The number of phenols is 1. The smallest absolute Gasteiger partial charge is 0.240 e. The molecule has 186 valence electrons. The Kier molecular flexibility index (Phi) is 8.82. The van der Waals surface area contributed by atoms with Crippen LogP contribution in [0.15, 0.2) is 12.1 Å². The van der Waals surface area contributed by atoms with Gasteiger partial charge in [0.25, 0.3) is 0 Å². The number of amides is 1. The second-order valence-electron chi connectivity index (χ2n) is 10.6. The van der Waals surface area contributed by atoms with Gasteiger partial charge in [-0.25, -0.2) is 5.01 Å². The lowest BCUT2D eigenvalue weighted by Gasteiger charge is -2.47. The summed E-state index contributed by atoms with van der Waals surface area (Å²) < 4.78 is 7.00. The topological polar surface area (TPSA) is 53.0 Å². The van der Waals surface area contributed by atoms with Gasteiger partial charge in [-0.15, -0.1) is 0 Å². The molecule has 3 rings (SSSR count). The normalized spacial score (nSPS) is 21.2. The van der Waals surface area contributed by atoms with Crippen molar-refractivity contribution in [2.24, 2.45) is 5.92 Å². The van der Waals surface area contributed by atoms with Crippen LogP contribution in [0.25, 0.3) is 0 Å². The number of aromatic hydroxyl groups is 1. The Bertz CT molecular complexity index is 796. The fourth-order valence-electron chi connectivity index (χ4n) is 6.12. The van der Waals surface area contributed by atoms with Gasteiger partial charge >= 0.3 is 0 Å². The zero-order valence-corrected chi connectivity index (χ0v) is 23.4. The highest BCUT2D eigenvalue weighted by Crippen LogP contribution is 2.44. The van der Waals surface area contributed by atoms with Crippen molar-refractivity contribution in [2.75, 3.05) is 19.6 Å². The number of hydrogen-bond acceptors (Lipinski definition) is 4. The van der Waals surface area contributed by atoms with Crippen molar-refractivity contribution in [3.63, 3.8) is 0 Å². The molecular weight excluding hydrogens is 475 g/mol. The molecule has 0 aliphatic carbocycles. The first-order valence-corrected chi connectivity index (χ1v) is 15.3. The SMILES string of the molecule is CC(C)[Si](OC1CCN(N2CCC(Cc3c(Cl)cc(O)cc3Cl)C2=O)CC1)(C(C)C)C(C)C. The number of carbonyl (C=O) groups is 1. The Morgan fingerprint density at radius 1 is 0.970 bits per heavy atom. The van der Waals surface area contributed by atoms with Gasteiger partial charge in [0.1, 0.15) is 5.75 Å². The summed E-state index contributed by atoms with van der Waals surface area (Å²) in [5.74, 6) is 0.0453. The molecule has 1 aromatic rings. The van der Waals surface area contributed by atoms with Crippen LogP contribution in [0, 0.1) is 5.92 Å². The zero-order valence-electron chi connectivity index (χ0n) is 20.9. The van der Waals surface area contributed by atoms with Gasteiger partial charge in [0.2, 0.25) is 14.2 Å². The Morgan fingerprint density at radius 2 is 1.48 bits per heavy atom. The number of hydrazine groups is 1. The summed E-state index contributed by atoms with van der Waals surface area (Å²) in [5, 5.41) is 14.6. The maximum absolute atomic E-state index is 13.2. The molecule has 0 radical (unpaired) electrons. The molecule has 2 heterocycles. The number of rotatable bonds is 8. The summed E-state index contributed by atoms with van der Waals surface area (Å²) in [6.07, 6.45) is 3.49. The summed E-state index contributed by atoms with van der Waals surface area (Å²) >= 11 is 12.6. The highest BCUT2D eigenvalue weighted by atomic mass is 35.5. The molecule has 1 atom stereocenters. The summed E-state index contributed by atoms with van der Waals surface area (Å²) in [6.45, 7) is 16.4. The highest BCUT2D eigenvalue weighted by Gasteiger charge is 2.47. The number of halogens is 2. The Hall–Kier alpha value is -0.793. The third kappa shape index (κ3) is 5.56. The van der Waals surface area contributed by atoms with E-state index in [1.54, 1.807) is 0 Å². The van der Waals surface area contributed by atoms with E-state index >= 15 is 0 Å². The van der Waals surface area contributed by atoms with Gasteiger partial charge in [0.15, 0.2) is 0 Å². The molecule has 8 heteroatoms. The fourth-order valence-corrected chi connectivity index (χ4v) is 12.4. The van der Waals surface area contributed by atoms with Crippen LogP contribution >= 0.6 is 23.2 Å². The van der Waals surface area contributed by atoms with Crippen molar-refractivity contribution < 1.29 is 14.3 Å². The van der Waals surface area contributed by atoms with Gasteiger partial charge in [-0.3, -0.25) is 9.80 Å². The van der Waals surface area contributed by atoms with E-state index in [0.717, 1.165) is 44.5 Å². The summed E-state index contributed by atoms with van der Waals surface area (Å²) in [6, 6.07) is 2.97. The van der Waals surface area contributed by atoms with Gasteiger partial charge in [-0.1, -0.05) is 64.7 Å². The van der Waals surface area contributed by atoms with E-state index in [1.165, 1.54) is 12.1 Å². The maximum atomic E-state index is 13.2. The number of phenolic OH excluding ortho intramolecular Hbond substituents is 1. The number of nitrogens with zero attached hydrogens (tertiary/aromatic N) is 2. The van der Waals surface area contributed by atoms with Gasteiger partial charge in [0, 0.05) is 41.7 Å². The Labute approximate surface area is 210 Å². The fraction of sp³-hybridized carbons (Fsp3) is 0.720. The van der Waals surface area contributed by atoms with E-state index in [0.29, 0.717) is 33.1 Å². The molecule has 0 bridgehead atoms. The first kappa shape index (κ1) is 26.8. The second kappa shape index (κ2) is 10.9. The van der Waals surface area contributed by atoms with Crippen molar-refractivity contribution in [3.05, 3.63) is 27.7 Å². The van der Waals surface area contributed by atoms with E-state index in [2.05, 4.69) is 46.6 Å². The van der Waals surface area contributed by atoms with Gasteiger partial charge in [0.05, 0.1) is 0 Å². The minimum atomic E-state index is -1.89. The first-order valence-electron chi connectivity index (χ1n) is 12.4. The predicted octanol–water partition coefficient (Wildman–Crippen LogP) is 6.66. The number of hydrogen-bond donors (Lipinski definition) is 1. The molecule has 1 aromatic carbocycles. The van der Waals surface area contributed by atoms with Crippen LogP contribution in [0.5, 0.6) is 5.75 Å². The quantitative estimate of drug-likeness (QED) is 0.393. The average molecular weight is 516 g/mol. The molecule has 5 nitrogen and oxygen atoms in total. The van der Waals surface area contributed by atoms with Crippen molar-refractivity contribution in [3.8, 4) is 5.75 Å². The van der Waals surface area contributed by atoms with Crippen molar-refractivity contribution in [1.29, 1.82) is 0 Å². The van der Waals surface area contributed by atoms with Gasteiger partial charge < -0.3 is 9.53 Å². The Balaban J connectivity index is 1.60. The molecule has 0 saturated carbocycles. The van der Waals surface area contributed by atoms with Crippen LogP contribution in [0.2, 0.25) is 26.7 Å². The number of benzene rings is 1. The summed E-state index contributed by atoms with van der Waals surface area (Å²) in [5.41, 5.74) is 2.47. The maximum Gasteiger partial charge on any atom is 0.240 e. The minimum Gasteiger partial charge on any atom is -0.508 e. The van der Waals surface area contributed by atoms with Crippen LogP contribution in [0.3, 0.4) is 0 Å². The molecule has 1 unspecified atom stereocenters. The molecule has 0 aromatic heterocycles. The van der Waals surface area contributed by atoms with Crippen LogP contribution in [-0.2, 0) is 15.6 Å². The van der Waals surface area contributed by atoms with Crippen LogP contribution in [0.4, 0.5) is 0 Å². The van der Waals surface area contributed by atoms with Crippen molar-refractivity contribution in [1.82, 2.24) is 10.0 Å². The number of piperidine rings is 1. The molecule has 0 spiro atoms. The molecule has 2 aliphatic rings. The average Bonchev–Trinajstić information content (AvgIpc) is 3.08. The molecule has 33 heavy (non-hydrogen) atoms. The first-order chi connectivity index (χ1) is 15.5. The standard InChI is InChI=1S/C25H40Cl2N2O3Si/c1-16(2)33(17(3)4,18(5)6)32-21-8-10-28(11-9-21)29-12-7-19(25(29)31)13-22-23(26)14-20(30)15-24(22)27/h14-19,21,30H,7-13H2,1-6H3. The molecule has 1 amide bonds.